The third kappa shape index (κ3) is 11.3. The largest absolute Gasteiger partial charge is 0.497 e. The van der Waals surface area contributed by atoms with Crippen molar-refractivity contribution in [1.82, 2.24) is 24.9 Å². The summed E-state index contributed by atoms with van der Waals surface area (Å²) in [6.07, 6.45) is -2.60. The molecule has 76 heavy (non-hydrogen) atoms. The maximum absolute atomic E-state index is 17.9. The van der Waals surface area contributed by atoms with Crippen molar-refractivity contribution in [1.29, 1.82) is 0 Å². The second-order valence-corrected chi connectivity index (χ2v) is 19.2. The standard InChI is InChI=1S/C56H53F5N8O6S/c1-33-48(56(59,60)61)45(27-46(63-33)67(29-35-8-16-40(71-3)17-9-35)30-36-10-18-41(72-4)19-11-36)50-49(58)51-47-53(66-55(65-51)76(7)70)69(24-25-75-54(47)64-50)34(2)44-26-39(57)28-62-52(44)68(31-37-12-20-42(73-5)21-13-37)32-38-14-22-43(74-6)23-15-38/h8-23,26-28,34H,24-25,29-32H2,1-7H3. The summed E-state index contributed by atoms with van der Waals surface area (Å²) < 4.78 is 121. The van der Waals surface area contributed by atoms with Crippen LogP contribution in [0.2, 0.25) is 0 Å². The first kappa shape index (κ1) is 52.7. The van der Waals surface area contributed by atoms with E-state index in [-0.39, 0.29) is 54.3 Å². The topological polar surface area (TPSA) is 137 Å². The maximum Gasteiger partial charge on any atom is 0.418 e. The predicted molar refractivity (Wildman–Crippen MR) is 280 cm³/mol. The highest BCUT2D eigenvalue weighted by atomic mass is 32.2. The summed E-state index contributed by atoms with van der Waals surface area (Å²) in [5, 5.41) is -0.395. The van der Waals surface area contributed by atoms with E-state index in [0.29, 0.717) is 47.5 Å². The van der Waals surface area contributed by atoms with Crippen molar-refractivity contribution in [3.63, 3.8) is 0 Å². The van der Waals surface area contributed by atoms with E-state index in [4.69, 9.17) is 28.7 Å². The fraction of sp³-hybridized carbons (Fsp3) is 0.268. The van der Waals surface area contributed by atoms with Crippen molar-refractivity contribution in [2.45, 2.75) is 57.4 Å². The van der Waals surface area contributed by atoms with E-state index in [1.165, 1.54) is 25.3 Å². The number of alkyl halides is 3. The van der Waals surface area contributed by atoms with Crippen molar-refractivity contribution in [3.8, 4) is 40.1 Å². The SMILES string of the molecule is COc1ccc(CN(Cc2ccc(OC)cc2)c2cc(-c3nc4c5c(nc(S(C)=O)nc5c3F)N(C(C)c3cc(F)cnc3N(Cc3ccc(OC)cc3)Cc3ccc(OC)cc3)CCO4)c(C(F)(F)F)c(C)n2)cc1. The monoisotopic (exact) mass is 1060 g/mol. The molecule has 0 fully saturated rings. The summed E-state index contributed by atoms with van der Waals surface area (Å²) in [5.74, 6) is 0.930. The second kappa shape index (κ2) is 22.4. The number of aromatic nitrogens is 5. The Balaban J connectivity index is 1.18. The summed E-state index contributed by atoms with van der Waals surface area (Å²) in [6, 6.07) is 31.2. The number of pyridine rings is 3. The average Bonchev–Trinajstić information content (AvgIpc) is 3.64. The van der Waals surface area contributed by atoms with Gasteiger partial charge in [0.05, 0.1) is 69.3 Å². The Kier molecular flexibility index (Phi) is 15.5. The molecule has 0 spiro atoms. The molecular weight excluding hydrogens is 1010 g/mol. The lowest BCUT2D eigenvalue weighted by atomic mass is 10.0. The van der Waals surface area contributed by atoms with Gasteiger partial charge >= 0.3 is 6.18 Å². The number of anilines is 3. The summed E-state index contributed by atoms with van der Waals surface area (Å²) >= 11 is 0. The lowest BCUT2D eigenvalue weighted by Gasteiger charge is -2.33. The second-order valence-electron chi connectivity index (χ2n) is 18.0. The number of nitrogens with zero attached hydrogens (tertiary/aromatic N) is 8. The zero-order chi connectivity index (χ0) is 53.8. The smallest absolute Gasteiger partial charge is 0.418 e. The molecule has 0 amide bonds. The molecule has 0 bridgehead atoms. The highest BCUT2D eigenvalue weighted by molar-refractivity contribution is 7.84. The zero-order valence-corrected chi connectivity index (χ0v) is 43.4. The van der Waals surface area contributed by atoms with E-state index >= 15 is 22.0 Å². The summed E-state index contributed by atoms with van der Waals surface area (Å²) in [5.41, 5.74) is 0.281. The van der Waals surface area contributed by atoms with E-state index < -0.39 is 62.7 Å². The molecule has 5 heterocycles. The number of halogens is 5. The average molecular weight is 1060 g/mol. The molecule has 8 aromatic rings. The summed E-state index contributed by atoms with van der Waals surface area (Å²) in [7, 11) is 4.30. The molecule has 1 aliphatic heterocycles. The molecule has 1 aliphatic rings. The van der Waals surface area contributed by atoms with Gasteiger partial charge in [0.1, 0.15) is 69.5 Å². The van der Waals surface area contributed by atoms with Gasteiger partial charge < -0.3 is 38.4 Å². The highest BCUT2D eigenvalue weighted by Gasteiger charge is 2.40. The minimum absolute atomic E-state index is 0.0213. The van der Waals surface area contributed by atoms with Crippen LogP contribution in [0.4, 0.5) is 39.4 Å². The number of ether oxygens (including phenoxy) is 5. The van der Waals surface area contributed by atoms with Crippen LogP contribution in [-0.2, 0) is 43.2 Å². The van der Waals surface area contributed by atoms with Gasteiger partial charge in [0, 0.05) is 43.6 Å². The summed E-state index contributed by atoms with van der Waals surface area (Å²) in [4.78, 5) is 28.3. The molecule has 2 unspecified atom stereocenters. The van der Waals surface area contributed by atoms with Crippen LogP contribution < -0.4 is 38.4 Å². The van der Waals surface area contributed by atoms with Gasteiger partial charge in [-0.2, -0.15) is 13.2 Å². The molecule has 4 aromatic carbocycles. The maximum atomic E-state index is 17.9. The Morgan fingerprint density at radius 1 is 0.697 bits per heavy atom. The number of aryl methyl sites for hydroxylation is 1. The molecule has 9 rings (SSSR count). The van der Waals surface area contributed by atoms with Crippen LogP contribution in [0.3, 0.4) is 0 Å². The molecule has 0 saturated heterocycles. The Morgan fingerprint density at radius 3 is 1.64 bits per heavy atom. The third-order valence-electron chi connectivity index (χ3n) is 13.1. The number of hydrogen-bond donors (Lipinski definition) is 0. The van der Waals surface area contributed by atoms with E-state index in [1.54, 1.807) is 69.4 Å². The van der Waals surface area contributed by atoms with Crippen LogP contribution in [0.15, 0.2) is 121 Å². The van der Waals surface area contributed by atoms with Gasteiger partial charge in [-0.25, -0.2) is 33.7 Å². The quantitative estimate of drug-likeness (QED) is 0.0595. The van der Waals surface area contributed by atoms with Crippen LogP contribution in [0.25, 0.3) is 22.2 Å². The first-order chi connectivity index (χ1) is 36.5. The first-order valence-electron chi connectivity index (χ1n) is 24.0. The molecule has 394 valence electrons. The number of methoxy groups -OCH3 is 4. The van der Waals surface area contributed by atoms with E-state index in [1.807, 2.05) is 77.7 Å². The molecular formula is C56H53F5N8O6S. The van der Waals surface area contributed by atoms with Gasteiger partial charge in [-0.15, -0.1) is 0 Å². The van der Waals surface area contributed by atoms with Gasteiger partial charge in [0.2, 0.25) is 11.0 Å². The molecule has 0 N–H and O–H groups in total. The Hall–Kier alpha value is -8.13. The van der Waals surface area contributed by atoms with Crippen LogP contribution >= 0.6 is 0 Å². The van der Waals surface area contributed by atoms with Crippen molar-refractivity contribution < 1.29 is 49.8 Å². The molecule has 4 aromatic heterocycles. The predicted octanol–water partition coefficient (Wildman–Crippen LogP) is 11.2. The molecule has 0 saturated carbocycles. The zero-order valence-electron chi connectivity index (χ0n) is 42.6. The van der Waals surface area contributed by atoms with Crippen LogP contribution in [0.1, 0.15) is 52.0 Å². The lowest BCUT2D eigenvalue weighted by Crippen LogP contribution is -2.33. The van der Waals surface area contributed by atoms with Gasteiger partial charge in [0.25, 0.3) is 0 Å². The van der Waals surface area contributed by atoms with Gasteiger partial charge in [-0.05, 0) is 96.8 Å². The minimum atomic E-state index is -5.04. The number of benzene rings is 4. The Morgan fingerprint density at radius 2 is 1.18 bits per heavy atom. The third-order valence-corrected chi connectivity index (χ3v) is 13.8. The van der Waals surface area contributed by atoms with Gasteiger partial charge in [-0.3, -0.25) is 4.21 Å². The molecule has 2 atom stereocenters. The van der Waals surface area contributed by atoms with E-state index in [2.05, 4.69) is 19.9 Å². The molecule has 0 radical (unpaired) electrons. The van der Waals surface area contributed by atoms with Crippen LogP contribution in [0.5, 0.6) is 28.9 Å². The van der Waals surface area contributed by atoms with Crippen molar-refractivity contribution >= 4 is 39.2 Å². The van der Waals surface area contributed by atoms with Crippen LogP contribution in [0, 0.1) is 18.6 Å². The first-order valence-corrected chi connectivity index (χ1v) is 25.5. The van der Waals surface area contributed by atoms with Crippen molar-refractivity contribution in [2.24, 2.45) is 0 Å². The molecule has 0 aliphatic carbocycles. The van der Waals surface area contributed by atoms with Gasteiger partial charge in [-0.1, -0.05) is 48.5 Å². The van der Waals surface area contributed by atoms with E-state index in [9.17, 15) is 4.21 Å². The van der Waals surface area contributed by atoms with Crippen LogP contribution in [-0.4, -0.2) is 77.0 Å². The highest BCUT2D eigenvalue weighted by Crippen LogP contribution is 2.46. The lowest BCUT2D eigenvalue weighted by molar-refractivity contribution is -0.137. The number of hydrogen-bond acceptors (Lipinski definition) is 14. The van der Waals surface area contributed by atoms with Crippen molar-refractivity contribution in [3.05, 3.63) is 166 Å². The van der Waals surface area contributed by atoms with Crippen molar-refractivity contribution in [2.75, 3.05) is 62.5 Å². The summed E-state index contributed by atoms with van der Waals surface area (Å²) in [6.45, 7) is 3.89. The Labute approximate surface area is 438 Å². The number of rotatable bonds is 18. The fourth-order valence-corrected chi connectivity index (χ4v) is 9.66. The fourth-order valence-electron chi connectivity index (χ4n) is 9.23. The Bertz CT molecular complexity index is 3290. The van der Waals surface area contributed by atoms with Gasteiger partial charge in [0.15, 0.2) is 5.82 Å². The minimum Gasteiger partial charge on any atom is -0.497 e. The van der Waals surface area contributed by atoms with E-state index in [0.717, 1.165) is 28.5 Å². The molecule has 14 nitrogen and oxygen atoms in total. The normalized spacial score (nSPS) is 13.1. The molecule has 20 heteroatoms.